The highest BCUT2D eigenvalue weighted by molar-refractivity contribution is 6.04. The highest BCUT2D eigenvalue weighted by atomic mass is 16.5. The maximum Gasteiger partial charge on any atom is 0.255 e. The molecule has 0 heterocycles. The van der Waals surface area contributed by atoms with Crippen molar-refractivity contribution in [2.75, 3.05) is 33.6 Å². The van der Waals surface area contributed by atoms with Crippen LogP contribution < -0.4 is 20.5 Å². The number of methoxy groups -OCH3 is 2. The Balaban J connectivity index is 2.27. The van der Waals surface area contributed by atoms with Crippen LogP contribution in [-0.2, 0) is 4.79 Å². The Hall–Kier alpha value is -2.28. The first-order chi connectivity index (χ1) is 11.9. The van der Waals surface area contributed by atoms with Crippen molar-refractivity contribution in [2.24, 2.45) is 11.7 Å². The number of hydrogen-bond donors (Lipinski definition) is 2. The molecular formula is C18H27N3O4. The standard InChI is InChI=1S/C18H27N3O4/c1-21(2)18(23)12-9-15(24-3)16(25-4)10-14(12)20-17(22)8-11-6-5-7-13(11)19/h9-11,13H,5-8,19H2,1-4H3,(H,20,22)/t11-,13+/m0/s1. The Morgan fingerprint density at radius 1 is 1.20 bits per heavy atom. The first kappa shape index (κ1) is 19.1. The van der Waals surface area contributed by atoms with Crippen molar-refractivity contribution in [1.29, 1.82) is 0 Å². The summed E-state index contributed by atoms with van der Waals surface area (Å²) in [6.45, 7) is 0. The highest BCUT2D eigenvalue weighted by Crippen LogP contribution is 2.34. The van der Waals surface area contributed by atoms with E-state index in [-0.39, 0.29) is 23.8 Å². The van der Waals surface area contributed by atoms with E-state index in [1.54, 1.807) is 26.2 Å². The summed E-state index contributed by atoms with van der Waals surface area (Å²) in [6, 6.07) is 3.26. The number of benzene rings is 1. The maximum atomic E-state index is 12.5. The number of carbonyl (C=O) groups is 2. The number of hydrogen-bond acceptors (Lipinski definition) is 5. The van der Waals surface area contributed by atoms with Crippen LogP contribution >= 0.6 is 0 Å². The quantitative estimate of drug-likeness (QED) is 0.817. The monoisotopic (exact) mass is 349 g/mol. The summed E-state index contributed by atoms with van der Waals surface area (Å²) >= 11 is 0. The number of nitrogens with two attached hydrogens (primary N) is 1. The summed E-state index contributed by atoms with van der Waals surface area (Å²) in [6.07, 6.45) is 3.33. The molecule has 1 aromatic carbocycles. The number of nitrogens with one attached hydrogen (secondary N) is 1. The van der Waals surface area contributed by atoms with E-state index in [4.69, 9.17) is 15.2 Å². The third-order valence-corrected chi connectivity index (χ3v) is 4.60. The fourth-order valence-electron chi connectivity index (χ4n) is 3.16. The zero-order valence-electron chi connectivity index (χ0n) is 15.3. The van der Waals surface area contributed by atoms with Crippen molar-refractivity contribution in [1.82, 2.24) is 4.90 Å². The second kappa shape index (κ2) is 8.20. The van der Waals surface area contributed by atoms with Crippen LogP contribution in [0.3, 0.4) is 0 Å². The fourth-order valence-corrected chi connectivity index (χ4v) is 3.16. The van der Waals surface area contributed by atoms with Gasteiger partial charge in [0.2, 0.25) is 5.91 Å². The predicted molar refractivity (Wildman–Crippen MR) is 96.1 cm³/mol. The molecule has 7 nitrogen and oxygen atoms in total. The molecule has 2 rings (SSSR count). The Bertz CT molecular complexity index is 645. The normalized spacial score (nSPS) is 19.4. The van der Waals surface area contributed by atoms with Gasteiger partial charge in [0, 0.05) is 32.6 Å². The molecule has 0 saturated heterocycles. The molecule has 0 aromatic heterocycles. The summed E-state index contributed by atoms with van der Waals surface area (Å²) in [7, 11) is 6.32. The van der Waals surface area contributed by atoms with Gasteiger partial charge in [-0.2, -0.15) is 0 Å². The molecule has 1 aromatic rings. The lowest BCUT2D eigenvalue weighted by Crippen LogP contribution is -2.29. The minimum absolute atomic E-state index is 0.0685. The van der Waals surface area contributed by atoms with Gasteiger partial charge in [-0.1, -0.05) is 6.42 Å². The van der Waals surface area contributed by atoms with Gasteiger partial charge < -0.3 is 25.4 Å². The molecule has 0 aliphatic heterocycles. The van der Waals surface area contributed by atoms with Crippen LogP contribution in [0.25, 0.3) is 0 Å². The third-order valence-electron chi connectivity index (χ3n) is 4.60. The zero-order valence-corrected chi connectivity index (χ0v) is 15.3. The largest absolute Gasteiger partial charge is 0.493 e. The zero-order chi connectivity index (χ0) is 18.6. The first-order valence-electron chi connectivity index (χ1n) is 8.40. The van der Waals surface area contributed by atoms with Gasteiger partial charge in [0.1, 0.15) is 0 Å². The van der Waals surface area contributed by atoms with Crippen molar-refractivity contribution < 1.29 is 19.1 Å². The molecule has 0 unspecified atom stereocenters. The van der Waals surface area contributed by atoms with Crippen LogP contribution in [0.15, 0.2) is 12.1 Å². The van der Waals surface area contributed by atoms with E-state index in [9.17, 15) is 9.59 Å². The average molecular weight is 349 g/mol. The lowest BCUT2D eigenvalue weighted by Gasteiger charge is -2.19. The minimum Gasteiger partial charge on any atom is -0.493 e. The molecule has 1 saturated carbocycles. The summed E-state index contributed by atoms with van der Waals surface area (Å²) in [5, 5.41) is 2.84. The summed E-state index contributed by atoms with van der Waals surface area (Å²) in [4.78, 5) is 26.4. The van der Waals surface area contributed by atoms with Gasteiger partial charge in [-0.25, -0.2) is 0 Å². The van der Waals surface area contributed by atoms with Crippen molar-refractivity contribution in [3.05, 3.63) is 17.7 Å². The number of nitrogens with zero attached hydrogens (tertiary/aromatic N) is 1. The molecule has 1 aliphatic carbocycles. The first-order valence-corrected chi connectivity index (χ1v) is 8.40. The van der Waals surface area contributed by atoms with Gasteiger partial charge in [-0.3, -0.25) is 9.59 Å². The second-order valence-electron chi connectivity index (χ2n) is 6.56. The number of rotatable bonds is 6. The second-order valence-corrected chi connectivity index (χ2v) is 6.56. The molecular weight excluding hydrogens is 322 g/mol. The lowest BCUT2D eigenvalue weighted by atomic mass is 9.99. The van der Waals surface area contributed by atoms with Gasteiger partial charge in [0.05, 0.1) is 25.5 Å². The summed E-state index contributed by atoms with van der Waals surface area (Å²) in [5.74, 6) is 0.693. The predicted octanol–water partition coefficient (Wildman–Crippen LogP) is 1.86. The smallest absolute Gasteiger partial charge is 0.255 e. The van der Waals surface area contributed by atoms with E-state index < -0.39 is 0 Å². The molecule has 1 fully saturated rings. The van der Waals surface area contributed by atoms with E-state index >= 15 is 0 Å². The van der Waals surface area contributed by atoms with Crippen LogP contribution in [0.1, 0.15) is 36.0 Å². The van der Waals surface area contributed by atoms with Gasteiger partial charge in [0.25, 0.3) is 5.91 Å². The molecule has 7 heteroatoms. The van der Waals surface area contributed by atoms with E-state index in [0.29, 0.717) is 29.2 Å². The van der Waals surface area contributed by atoms with Crippen molar-refractivity contribution in [2.45, 2.75) is 31.7 Å². The third kappa shape index (κ3) is 4.42. The lowest BCUT2D eigenvalue weighted by molar-refractivity contribution is -0.117. The maximum absolute atomic E-state index is 12.5. The van der Waals surface area contributed by atoms with Crippen LogP contribution in [0.4, 0.5) is 5.69 Å². The van der Waals surface area contributed by atoms with Gasteiger partial charge in [-0.05, 0) is 24.8 Å². The molecule has 138 valence electrons. The highest BCUT2D eigenvalue weighted by Gasteiger charge is 2.27. The van der Waals surface area contributed by atoms with Crippen LogP contribution in [-0.4, -0.2) is 51.1 Å². The summed E-state index contributed by atoms with van der Waals surface area (Å²) in [5.41, 5.74) is 6.81. The minimum atomic E-state index is -0.228. The van der Waals surface area contributed by atoms with E-state index in [2.05, 4.69) is 5.32 Å². The Labute approximate surface area is 148 Å². The van der Waals surface area contributed by atoms with Gasteiger partial charge in [0.15, 0.2) is 11.5 Å². The van der Waals surface area contributed by atoms with Crippen LogP contribution in [0.2, 0.25) is 0 Å². The number of carbonyl (C=O) groups excluding carboxylic acids is 2. The molecule has 2 amide bonds. The Kier molecular flexibility index (Phi) is 6.25. The number of amides is 2. The molecule has 0 radical (unpaired) electrons. The van der Waals surface area contributed by atoms with E-state index in [1.165, 1.54) is 19.1 Å². The van der Waals surface area contributed by atoms with Gasteiger partial charge >= 0.3 is 0 Å². The summed E-state index contributed by atoms with van der Waals surface area (Å²) < 4.78 is 10.5. The molecule has 2 atom stereocenters. The van der Waals surface area contributed by atoms with Gasteiger partial charge in [-0.15, -0.1) is 0 Å². The topological polar surface area (TPSA) is 93.9 Å². The fraction of sp³-hybridized carbons (Fsp3) is 0.556. The molecule has 1 aliphatic rings. The SMILES string of the molecule is COc1cc(NC(=O)C[C@@H]2CCC[C@H]2N)c(C(=O)N(C)C)cc1OC. The van der Waals surface area contributed by atoms with E-state index in [0.717, 1.165) is 19.3 Å². The van der Waals surface area contributed by atoms with Crippen LogP contribution in [0.5, 0.6) is 11.5 Å². The Morgan fingerprint density at radius 3 is 2.36 bits per heavy atom. The van der Waals surface area contributed by atoms with Crippen LogP contribution in [0, 0.1) is 5.92 Å². The van der Waals surface area contributed by atoms with Crippen molar-refractivity contribution in [3.63, 3.8) is 0 Å². The number of anilines is 1. The molecule has 25 heavy (non-hydrogen) atoms. The number of ether oxygens (including phenoxy) is 2. The molecule has 0 bridgehead atoms. The molecule has 0 spiro atoms. The molecule has 3 N–H and O–H groups in total. The Morgan fingerprint density at radius 2 is 1.84 bits per heavy atom. The average Bonchev–Trinajstić information content (AvgIpc) is 2.98. The van der Waals surface area contributed by atoms with E-state index in [1.807, 2.05) is 0 Å². The van der Waals surface area contributed by atoms with Crippen molar-refractivity contribution >= 4 is 17.5 Å². The van der Waals surface area contributed by atoms with Crippen molar-refractivity contribution in [3.8, 4) is 11.5 Å².